The Morgan fingerprint density at radius 2 is 1.75 bits per heavy atom. The van der Waals surface area contributed by atoms with Crippen LogP contribution in [-0.2, 0) is 0 Å². The molecule has 0 spiro atoms. The summed E-state index contributed by atoms with van der Waals surface area (Å²) in [5, 5.41) is 2.24. The molecule has 0 bridgehead atoms. The van der Waals surface area contributed by atoms with E-state index in [9.17, 15) is 0 Å². The van der Waals surface area contributed by atoms with Crippen LogP contribution in [0, 0.1) is 20.3 Å². The number of fused-ring (bicyclic) bond motifs is 1. The van der Waals surface area contributed by atoms with Crippen LogP contribution in [0.3, 0.4) is 0 Å². The van der Waals surface area contributed by atoms with Crippen LogP contribution in [0.2, 0.25) is 0 Å². The lowest BCUT2D eigenvalue weighted by atomic mass is 10.1. The van der Waals surface area contributed by atoms with Crippen molar-refractivity contribution in [2.75, 3.05) is 0 Å². The van der Waals surface area contributed by atoms with Gasteiger partial charge in [0.25, 0.3) is 0 Å². The van der Waals surface area contributed by atoms with E-state index < -0.39 is 0 Å². The first-order chi connectivity index (χ1) is 7.75. The number of rotatable bonds is 1. The van der Waals surface area contributed by atoms with Gasteiger partial charge in [0.15, 0.2) is 0 Å². The summed E-state index contributed by atoms with van der Waals surface area (Å²) < 4.78 is 0. The van der Waals surface area contributed by atoms with Crippen LogP contribution in [0.25, 0.3) is 11.6 Å². The molecule has 2 aromatic rings. The third-order valence-electron chi connectivity index (χ3n) is 3.17. The van der Waals surface area contributed by atoms with E-state index in [1.807, 2.05) is 11.3 Å². The Morgan fingerprint density at radius 3 is 2.38 bits per heavy atom. The molecule has 3 rings (SSSR count). The van der Waals surface area contributed by atoms with E-state index in [2.05, 4.69) is 56.0 Å². The lowest BCUT2D eigenvalue weighted by molar-refractivity contribution is 1.39. The number of hydrogen-bond donors (Lipinski definition) is 0. The minimum atomic E-state index is 1.34. The van der Waals surface area contributed by atoms with Crippen LogP contribution < -0.4 is 0 Å². The monoisotopic (exact) mass is 225 g/mol. The molecule has 1 radical (unpaired) electrons. The van der Waals surface area contributed by atoms with E-state index >= 15 is 0 Å². The molecule has 0 amide bonds. The number of aryl methyl sites for hydroxylation is 1. The maximum absolute atomic E-state index is 2.29. The van der Waals surface area contributed by atoms with Crippen molar-refractivity contribution < 1.29 is 0 Å². The summed E-state index contributed by atoms with van der Waals surface area (Å²) in [5.74, 6) is 0. The van der Waals surface area contributed by atoms with Crippen molar-refractivity contribution in [2.24, 2.45) is 0 Å². The molecule has 0 fully saturated rings. The van der Waals surface area contributed by atoms with Crippen molar-refractivity contribution in [2.45, 2.75) is 13.8 Å². The van der Waals surface area contributed by atoms with Crippen molar-refractivity contribution in [1.82, 2.24) is 0 Å². The van der Waals surface area contributed by atoms with Gasteiger partial charge in [-0.25, -0.2) is 0 Å². The molecule has 0 unspecified atom stereocenters. The van der Waals surface area contributed by atoms with E-state index in [4.69, 9.17) is 0 Å². The molecule has 0 N–H and O–H groups in total. The first-order valence-corrected chi connectivity index (χ1v) is 6.34. The Labute approximate surface area is 100 Å². The first-order valence-electron chi connectivity index (χ1n) is 5.46. The van der Waals surface area contributed by atoms with Gasteiger partial charge in [0.05, 0.1) is 0 Å². The molecule has 1 aromatic heterocycles. The van der Waals surface area contributed by atoms with Gasteiger partial charge in [-0.2, -0.15) is 0 Å². The molecule has 0 atom stereocenters. The summed E-state index contributed by atoms with van der Waals surface area (Å²) in [5.41, 5.74) is 6.84. The van der Waals surface area contributed by atoms with E-state index in [1.165, 1.54) is 32.7 Å². The standard InChI is InChI=1S/C15H13S/c1-10-9-16-15(11(10)2)14-7-12-5-3-4-6-13(12)8-14/h3-9H,1-2H3. The van der Waals surface area contributed by atoms with Gasteiger partial charge in [-0.05, 0) is 53.1 Å². The molecule has 0 nitrogen and oxygen atoms in total. The molecule has 79 valence electrons. The maximum Gasteiger partial charge on any atom is 0.0341 e. The zero-order chi connectivity index (χ0) is 11.1. The topological polar surface area (TPSA) is 0 Å². The van der Waals surface area contributed by atoms with Gasteiger partial charge in [-0.3, -0.25) is 0 Å². The molecular formula is C15H13S. The Morgan fingerprint density at radius 1 is 1.00 bits per heavy atom. The van der Waals surface area contributed by atoms with Gasteiger partial charge in [-0.1, -0.05) is 24.3 Å². The third-order valence-corrected chi connectivity index (χ3v) is 4.41. The van der Waals surface area contributed by atoms with Crippen molar-refractivity contribution in [3.8, 4) is 0 Å². The second-order valence-corrected chi connectivity index (χ2v) is 5.13. The van der Waals surface area contributed by atoms with Crippen LogP contribution in [0.15, 0.2) is 29.6 Å². The summed E-state index contributed by atoms with van der Waals surface area (Å²) in [7, 11) is 0. The fraction of sp³-hybridized carbons (Fsp3) is 0.133. The molecule has 1 aliphatic rings. The Balaban J connectivity index is 2.05. The number of allylic oxidation sites excluding steroid dienone is 1. The molecule has 1 aromatic carbocycles. The molecule has 0 saturated heterocycles. The summed E-state index contributed by atoms with van der Waals surface area (Å²) in [6, 6.07) is 8.54. The zero-order valence-corrected chi connectivity index (χ0v) is 10.3. The van der Waals surface area contributed by atoms with Crippen LogP contribution in [0.4, 0.5) is 0 Å². The van der Waals surface area contributed by atoms with Crippen LogP contribution in [-0.4, -0.2) is 0 Å². The Kier molecular flexibility index (Phi) is 2.22. The highest BCUT2D eigenvalue weighted by atomic mass is 32.1. The van der Waals surface area contributed by atoms with Crippen LogP contribution >= 0.6 is 11.3 Å². The van der Waals surface area contributed by atoms with Gasteiger partial charge >= 0.3 is 0 Å². The summed E-state index contributed by atoms with van der Waals surface area (Å²) >= 11 is 1.84. The SMILES string of the molecule is Cc1csc(C2=Cc3ccccc3[CH]2)c1C. The molecule has 1 heteroatoms. The number of benzene rings is 1. The van der Waals surface area contributed by atoms with Gasteiger partial charge < -0.3 is 0 Å². The first kappa shape index (κ1) is 9.86. The van der Waals surface area contributed by atoms with Gasteiger partial charge in [0, 0.05) is 11.3 Å². The highest BCUT2D eigenvalue weighted by Gasteiger charge is 2.17. The molecule has 1 heterocycles. The van der Waals surface area contributed by atoms with Crippen molar-refractivity contribution >= 4 is 23.0 Å². The lowest BCUT2D eigenvalue weighted by Gasteiger charge is -2.00. The fourth-order valence-corrected chi connectivity index (χ4v) is 3.13. The summed E-state index contributed by atoms with van der Waals surface area (Å²) in [6.07, 6.45) is 4.57. The minimum Gasteiger partial charge on any atom is -0.144 e. The van der Waals surface area contributed by atoms with Gasteiger partial charge in [0.1, 0.15) is 0 Å². The van der Waals surface area contributed by atoms with Crippen molar-refractivity contribution in [3.63, 3.8) is 0 Å². The molecule has 16 heavy (non-hydrogen) atoms. The smallest absolute Gasteiger partial charge is 0.0341 e. The minimum absolute atomic E-state index is 1.34. The maximum atomic E-state index is 2.29. The molecular weight excluding hydrogens is 212 g/mol. The number of hydrogen-bond acceptors (Lipinski definition) is 1. The van der Waals surface area contributed by atoms with Gasteiger partial charge in [0.2, 0.25) is 0 Å². The van der Waals surface area contributed by atoms with E-state index in [0.717, 1.165) is 0 Å². The van der Waals surface area contributed by atoms with Crippen LogP contribution in [0.1, 0.15) is 27.1 Å². The Hall–Kier alpha value is -1.34. The molecule has 0 saturated carbocycles. The average Bonchev–Trinajstić information content (AvgIpc) is 2.84. The predicted octanol–water partition coefficient (Wildman–Crippen LogP) is 4.47. The Bertz CT molecular complexity index is 573. The van der Waals surface area contributed by atoms with Crippen molar-refractivity contribution in [1.29, 1.82) is 0 Å². The third kappa shape index (κ3) is 1.43. The zero-order valence-electron chi connectivity index (χ0n) is 9.45. The van der Waals surface area contributed by atoms with Crippen molar-refractivity contribution in [3.05, 3.63) is 63.2 Å². The van der Waals surface area contributed by atoms with E-state index in [1.54, 1.807) is 0 Å². The number of thiophene rings is 1. The highest BCUT2D eigenvalue weighted by Crippen LogP contribution is 2.37. The predicted molar refractivity (Wildman–Crippen MR) is 71.5 cm³/mol. The second-order valence-electron chi connectivity index (χ2n) is 4.25. The second kappa shape index (κ2) is 3.60. The summed E-state index contributed by atoms with van der Waals surface area (Å²) in [4.78, 5) is 1.41. The van der Waals surface area contributed by atoms with Gasteiger partial charge in [-0.15, -0.1) is 11.3 Å². The molecule has 1 aliphatic carbocycles. The lowest BCUT2D eigenvalue weighted by Crippen LogP contribution is -1.82. The summed E-state index contributed by atoms with van der Waals surface area (Å²) in [6.45, 7) is 4.39. The molecule has 0 aliphatic heterocycles. The van der Waals surface area contributed by atoms with E-state index in [0.29, 0.717) is 0 Å². The fourth-order valence-electron chi connectivity index (χ4n) is 2.07. The largest absolute Gasteiger partial charge is 0.144 e. The van der Waals surface area contributed by atoms with Crippen LogP contribution in [0.5, 0.6) is 0 Å². The quantitative estimate of drug-likeness (QED) is 0.671. The average molecular weight is 225 g/mol. The highest BCUT2D eigenvalue weighted by molar-refractivity contribution is 7.11. The van der Waals surface area contributed by atoms with E-state index in [-0.39, 0.29) is 0 Å². The normalized spacial score (nSPS) is 13.8.